The zero-order valence-electron chi connectivity index (χ0n) is 21.4. The number of carbonyl (C=O) groups is 1. The maximum absolute atomic E-state index is 13.7. The van der Waals surface area contributed by atoms with Crippen LogP contribution in [0, 0.1) is 17.5 Å². The average Bonchev–Trinajstić information content (AvgIpc) is 3.01. The number of β-amino-alcohol motifs (C(OH)–C–C–N with tert-alkyl or cyclic N) is 2. The average molecular weight is 538 g/mol. The molecule has 8 nitrogen and oxygen atoms in total. The van der Waals surface area contributed by atoms with Crippen LogP contribution in [-0.4, -0.2) is 103 Å². The summed E-state index contributed by atoms with van der Waals surface area (Å²) >= 11 is 0. The van der Waals surface area contributed by atoms with Gasteiger partial charge in [0.25, 0.3) is 0 Å². The molecule has 4 rings (SSSR count). The van der Waals surface area contributed by atoms with E-state index in [2.05, 4.69) is 0 Å². The van der Waals surface area contributed by atoms with Gasteiger partial charge in [0.1, 0.15) is 42.0 Å². The quantitative estimate of drug-likeness (QED) is 0.533. The number of ether oxygens (including phenoxy) is 2. The van der Waals surface area contributed by atoms with Gasteiger partial charge in [0.15, 0.2) is 0 Å². The van der Waals surface area contributed by atoms with E-state index >= 15 is 0 Å². The van der Waals surface area contributed by atoms with E-state index in [1.165, 1.54) is 24.1 Å². The van der Waals surface area contributed by atoms with Crippen molar-refractivity contribution in [3.63, 3.8) is 0 Å². The second-order valence-electron chi connectivity index (χ2n) is 10.3. The number of anilines is 1. The monoisotopic (exact) mass is 537 g/mol. The molecule has 2 aromatic rings. The van der Waals surface area contributed by atoms with E-state index in [-0.39, 0.29) is 50.3 Å². The molecule has 2 N–H and O–H groups in total. The molecule has 0 unspecified atom stereocenters. The third-order valence-corrected chi connectivity index (χ3v) is 7.04. The Balaban J connectivity index is 1.44. The van der Waals surface area contributed by atoms with Gasteiger partial charge >= 0.3 is 0 Å². The van der Waals surface area contributed by atoms with Gasteiger partial charge in [0, 0.05) is 70.3 Å². The van der Waals surface area contributed by atoms with Crippen molar-refractivity contribution in [2.45, 2.75) is 24.0 Å². The van der Waals surface area contributed by atoms with Crippen LogP contribution in [0.1, 0.15) is 12.8 Å². The highest BCUT2D eigenvalue weighted by Crippen LogP contribution is 2.29. The molecule has 1 atom stereocenters. The summed E-state index contributed by atoms with van der Waals surface area (Å²) in [5, 5.41) is 22.9. The Kier molecular flexibility index (Phi) is 8.81. The van der Waals surface area contributed by atoms with Crippen molar-refractivity contribution in [3.05, 3.63) is 59.9 Å². The first kappa shape index (κ1) is 28.2. The van der Waals surface area contributed by atoms with Gasteiger partial charge in [-0.2, -0.15) is 0 Å². The number of rotatable bonds is 8. The Hall–Kier alpha value is -2.86. The van der Waals surface area contributed by atoms with Crippen LogP contribution in [0.3, 0.4) is 0 Å². The van der Waals surface area contributed by atoms with Gasteiger partial charge in [-0.15, -0.1) is 0 Å². The molecule has 2 fully saturated rings. The summed E-state index contributed by atoms with van der Waals surface area (Å²) in [6.45, 7) is 1.50. The van der Waals surface area contributed by atoms with Crippen LogP contribution >= 0.6 is 0 Å². The van der Waals surface area contributed by atoms with Crippen molar-refractivity contribution >= 4 is 11.6 Å². The largest absolute Gasteiger partial charge is 0.490 e. The highest BCUT2D eigenvalue weighted by Gasteiger charge is 2.41. The molecular formula is C27H34F3N3O5. The van der Waals surface area contributed by atoms with Crippen LogP contribution in [0.15, 0.2) is 42.5 Å². The summed E-state index contributed by atoms with van der Waals surface area (Å²) < 4.78 is 51.4. The molecule has 2 aliphatic heterocycles. The van der Waals surface area contributed by atoms with Crippen LogP contribution in [-0.2, 0) is 9.53 Å². The summed E-state index contributed by atoms with van der Waals surface area (Å²) in [6, 6.07) is 9.10. The fraction of sp³-hybridized carbons (Fsp3) is 0.519. The van der Waals surface area contributed by atoms with Crippen molar-refractivity contribution in [2.75, 3.05) is 71.0 Å². The second kappa shape index (κ2) is 11.9. The van der Waals surface area contributed by atoms with Gasteiger partial charge in [-0.05, 0) is 31.0 Å². The van der Waals surface area contributed by atoms with Crippen LogP contribution < -0.4 is 9.64 Å². The molecule has 0 bridgehead atoms. The standard InChI is InChI=1S/C27H34F3N3O5/c1-37-15-25(34)33-10-9-31(17-27(36,18-33)19-38-24-13-21(29)11-22(30)14-24)16-26(35)5-7-32(8-6-26)23-4-2-3-20(28)12-23/h2-4,11-14,35-36H,5-10,15-19H2,1H3/t27-/m1/s1. The lowest BCUT2D eigenvalue weighted by Crippen LogP contribution is -2.56. The second-order valence-corrected chi connectivity index (χ2v) is 10.3. The van der Waals surface area contributed by atoms with E-state index in [0.29, 0.717) is 39.0 Å². The minimum atomic E-state index is -1.58. The first-order valence-electron chi connectivity index (χ1n) is 12.6. The van der Waals surface area contributed by atoms with E-state index < -0.39 is 22.8 Å². The zero-order valence-corrected chi connectivity index (χ0v) is 21.4. The number of aliphatic hydroxyl groups is 2. The predicted molar refractivity (Wildman–Crippen MR) is 134 cm³/mol. The number of halogens is 3. The Bertz CT molecular complexity index is 1090. The van der Waals surface area contributed by atoms with E-state index in [0.717, 1.165) is 23.9 Å². The Labute approximate surface area is 220 Å². The predicted octanol–water partition coefficient (Wildman–Crippen LogP) is 2.04. The summed E-state index contributed by atoms with van der Waals surface area (Å²) in [4.78, 5) is 18.0. The molecule has 0 saturated carbocycles. The molecule has 0 aromatic heterocycles. The number of nitrogens with zero attached hydrogens (tertiary/aromatic N) is 3. The summed E-state index contributed by atoms with van der Waals surface area (Å²) in [7, 11) is 1.40. The normalized spacial score (nSPS) is 22.3. The highest BCUT2D eigenvalue weighted by molar-refractivity contribution is 5.77. The van der Waals surface area contributed by atoms with E-state index in [4.69, 9.17) is 9.47 Å². The first-order valence-corrected chi connectivity index (χ1v) is 12.6. The van der Waals surface area contributed by atoms with Crippen molar-refractivity contribution in [1.82, 2.24) is 9.80 Å². The van der Waals surface area contributed by atoms with E-state index in [9.17, 15) is 28.2 Å². The number of methoxy groups -OCH3 is 1. The van der Waals surface area contributed by atoms with Crippen LogP contribution in [0.2, 0.25) is 0 Å². The van der Waals surface area contributed by atoms with Crippen LogP contribution in [0.25, 0.3) is 0 Å². The number of benzene rings is 2. The third-order valence-electron chi connectivity index (χ3n) is 7.04. The molecule has 0 aliphatic carbocycles. The molecule has 2 aromatic carbocycles. The van der Waals surface area contributed by atoms with Gasteiger partial charge in [-0.3, -0.25) is 9.69 Å². The van der Waals surface area contributed by atoms with E-state index in [1.54, 1.807) is 6.07 Å². The molecule has 0 spiro atoms. The van der Waals surface area contributed by atoms with Crippen molar-refractivity contribution in [2.24, 2.45) is 0 Å². The lowest BCUT2D eigenvalue weighted by Gasteiger charge is -2.42. The smallest absolute Gasteiger partial charge is 0.248 e. The molecule has 2 aliphatic rings. The fourth-order valence-electron chi connectivity index (χ4n) is 5.15. The van der Waals surface area contributed by atoms with Crippen molar-refractivity contribution in [3.8, 4) is 5.75 Å². The van der Waals surface area contributed by atoms with Crippen molar-refractivity contribution in [1.29, 1.82) is 0 Å². The number of carbonyl (C=O) groups excluding carboxylic acids is 1. The molecule has 2 saturated heterocycles. The fourth-order valence-corrected chi connectivity index (χ4v) is 5.15. The molecule has 38 heavy (non-hydrogen) atoms. The lowest BCUT2D eigenvalue weighted by molar-refractivity contribution is -0.138. The third kappa shape index (κ3) is 7.37. The molecular weight excluding hydrogens is 503 g/mol. The van der Waals surface area contributed by atoms with Crippen LogP contribution in [0.4, 0.5) is 18.9 Å². The Morgan fingerprint density at radius 3 is 2.29 bits per heavy atom. The number of hydrogen-bond acceptors (Lipinski definition) is 7. The highest BCUT2D eigenvalue weighted by atomic mass is 19.1. The Morgan fingerprint density at radius 2 is 1.63 bits per heavy atom. The molecule has 11 heteroatoms. The van der Waals surface area contributed by atoms with Gasteiger partial charge in [-0.1, -0.05) is 6.07 Å². The minimum Gasteiger partial charge on any atom is -0.490 e. The SMILES string of the molecule is COCC(=O)N1CCN(CC2(O)CCN(c3cccc(F)c3)CC2)C[C@](O)(COc2cc(F)cc(F)c2)C1. The van der Waals surface area contributed by atoms with Gasteiger partial charge < -0.3 is 29.5 Å². The minimum absolute atomic E-state index is 0.0669. The number of piperidine rings is 1. The molecule has 2 heterocycles. The van der Waals surface area contributed by atoms with E-state index in [1.807, 2.05) is 15.9 Å². The van der Waals surface area contributed by atoms with Crippen LogP contribution in [0.5, 0.6) is 5.75 Å². The first-order chi connectivity index (χ1) is 18.1. The summed E-state index contributed by atoms with van der Waals surface area (Å²) in [6.07, 6.45) is 0.869. The lowest BCUT2D eigenvalue weighted by atomic mass is 9.90. The zero-order chi connectivity index (χ0) is 27.3. The van der Waals surface area contributed by atoms with Crippen molar-refractivity contribution < 1.29 is 37.7 Å². The topological polar surface area (TPSA) is 85.7 Å². The maximum atomic E-state index is 13.7. The van der Waals surface area contributed by atoms with Gasteiger partial charge in [0.05, 0.1) is 12.1 Å². The Morgan fingerprint density at radius 1 is 0.921 bits per heavy atom. The molecule has 208 valence electrons. The number of amides is 1. The van der Waals surface area contributed by atoms with Gasteiger partial charge in [0.2, 0.25) is 5.91 Å². The maximum Gasteiger partial charge on any atom is 0.248 e. The summed E-state index contributed by atoms with van der Waals surface area (Å²) in [5.74, 6) is -2.32. The molecule has 0 radical (unpaired) electrons. The number of hydrogen-bond donors (Lipinski definition) is 2. The van der Waals surface area contributed by atoms with Gasteiger partial charge in [-0.25, -0.2) is 13.2 Å². The summed E-state index contributed by atoms with van der Waals surface area (Å²) in [5.41, 5.74) is -1.88. The molecule has 1 amide bonds.